The molecule has 0 saturated carbocycles. The molecule has 0 unspecified atom stereocenters. The van der Waals surface area contributed by atoms with Crippen molar-refractivity contribution in [3.8, 4) is 0 Å². The highest BCUT2D eigenvalue weighted by Gasteiger charge is 2.19. The fraction of sp³-hybridized carbons (Fsp3) is 0.462. The van der Waals surface area contributed by atoms with Gasteiger partial charge in [0, 0.05) is 18.5 Å². The molecule has 1 aromatic carbocycles. The van der Waals surface area contributed by atoms with Crippen molar-refractivity contribution in [1.82, 2.24) is 4.90 Å². The summed E-state index contributed by atoms with van der Waals surface area (Å²) >= 11 is 0. The van der Waals surface area contributed by atoms with Gasteiger partial charge in [-0.15, -0.1) is 0 Å². The van der Waals surface area contributed by atoms with Crippen LogP contribution >= 0.6 is 21.7 Å². The maximum Gasteiger partial charge on any atom is 0.410 e. The number of halogens is 1. The number of benzene rings is 1. The predicted molar refractivity (Wildman–Crippen MR) is 75.9 cm³/mol. The molecule has 100 valence electrons. The zero-order valence-electron chi connectivity index (χ0n) is 11.1. The molecule has 0 heterocycles. The molecule has 1 aromatic rings. The van der Waals surface area contributed by atoms with Gasteiger partial charge in [0.2, 0.25) is 0 Å². The standard InChI is InChI=1S/C13H18ClNO2S/c1-13(2,3)17-12(16)15(4)9-10-5-7-11(18-14)8-6-10/h5-8H,9H2,1-4H3. The van der Waals surface area contributed by atoms with Crippen molar-refractivity contribution in [2.24, 2.45) is 0 Å². The van der Waals surface area contributed by atoms with Crippen molar-refractivity contribution >= 4 is 27.8 Å². The second-order valence-electron chi connectivity index (χ2n) is 5.06. The van der Waals surface area contributed by atoms with Gasteiger partial charge in [-0.3, -0.25) is 0 Å². The van der Waals surface area contributed by atoms with Gasteiger partial charge in [0.15, 0.2) is 0 Å². The molecule has 0 aliphatic heterocycles. The molecule has 0 spiro atoms. The summed E-state index contributed by atoms with van der Waals surface area (Å²) in [4.78, 5) is 14.3. The minimum atomic E-state index is -0.468. The summed E-state index contributed by atoms with van der Waals surface area (Å²) < 4.78 is 5.28. The largest absolute Gasteiger partial charge is 0.444 e. The van der Waals surface area contributed by atoms with Crippen LogP contribution in [-0.4, -0.2) is 23.6 Å². The van der Waals surface area contributed by atoms with E-state index in [-0.39, 0.29) is 6.09 Å². The summed E-state index contributed by atoms with van der Waals surface area (Å²) in [7, 11) is 8.54. The lowest BCUT2D eigenvalue weighted by atomic mass is 10.2. The van der Waals surface area contributed by atoms with Gasteiger partial charge in [-0.1, -0.05) is 12.1 Å². The van der Waals surface area contributed by atoms with Crippen LogP contribution in [0.1, 0.15) is 26.3 Å². The maximum absolute atomic E-state index is 11.8. The van der Waals surface area contributed by atoms with E-state index in [0.717, 1.165) is 10.5 Å². The number of hydrogen-bond acceptors (Lipinski definition) is 3. The monoisotopic (exact) mass is 287 g/mol. The quantitative estimate of drug-likeness (QED) is 0.830. The molecule has 18 heavy (non-hydrogen) atoms. The third kappa shape index (κ3) is 5.19. The first-order chi connectivity index (χ1) is 8.31. The van der Waals surface area contributed by atoms with Crippen LogP contribution in [0.5, 0.6) is 0 Å². The fourth-order valence-corrected chi connectivity index (χ4v) is 1.87. The van der Waals surface area contributed by atoms with E-state index in [2.05, 4.69) is 0 Å². The fourth-order valence-electron chi connectivity index (χ4n) is 1.32. The minimum Gasteiger partial charge on any atom is -0.444 e. The average Bonchev–Trinajstić information content (AvgIpc) is 2.27. The lowest BCUT2D eigenvalue weighted by molar-refractivity contribution is 0.0285. The van der Waals surface area contributed by atoms with Crippen molar-refractivity contribution in [3.63, 3.8) is 0 Å². The molecule has 5 heteroatoms. The number of amides is 1. The molecule has 0 aliphatic carbocycles. The van der Waals surface area contributed by atoms with E-state index in [0.29, 0.717) is 6.54 Å². The topological polar surface area (TPSA) is 29.5 Å². The molecule has 3 nitrogen and oxygen atoms in total. The lowest BCUT2D eigenvalue weighted by Crippen LogP contribution is -2.33. The molecule has 0 radical (unpaired) electrons. The van der Waals surface area contributed by atoms with Gasteiger partial charge in [-0.25, -0.2) is 4.79 Å². The van der Waals surface area contributed by atoms with E-state index in [4.69, 9.17) is 15.4 Å². The van der Waals surface area contributed by atoms with Gasteiger partial charge in [0.05, 0.1) is 0 Å². The van der Waals surface area contributed by atoms with E-state index in [1.807, 2.05) is 45.0 Å². The van der Waals surface area contributed by atoms with Crippen LogP contribution in [0.25, 0.3) is 0 Å². The van der Waals surface area contributed by atoms with E-state index in [1.165, 1.54) is 11.0 Å². The normalized spacial score (nSPS) is 11.2. The SMILES string of the molecule is CN(Cc1ccc(SCl)cc1)C(=O)OC(C)(C)C. The second-order valence-corrected chi connectivity index (χ2v) is 6.15. The molecule has 0 aliphatic rings. The number of rotatable bonds is 3. The Morgan fingerprint density at radius 2 is 1.89 bits per heavy atom. The molecular weight excluding hydrogens is 270 g/mol. The second kappa shape index (κ2) is 6.34. The number of nitrogens with zero attached hydrogens (tertiary/aromatic N) is 1. The van der Waals surface area contributed by atoms with Crippen LogP contribution in [0, 0.1) is 0 Å². The summed E-state index contributed by atoms with van der Waals surface area (Å²) in [5.74, 6) is 0. The molecule has 0 N–H and O–H groups in total. The van der Waals surface area contributed by atoms with E-state index in [1.54, 1.807) is 11.9 Å². The molecule has 0 atom stereocenters. The van der Waals surface area contributed by atoms with Gasteiger partial charge in [-0.2, -0.15) is 0 Å². The molecule has 1 amide bonds. The van der Waals surface area contributed by atoms with Gasteiger partial charge in [-0.05, 0) is 60.1 Å². The zero-order valence-corrected chi connectivity index (χ0v) is 12.6. The van der Waals surface area contributed by atoms with Crippen molar-refractivity contribution in [3.05, 3.63) is 29.8 Å². The molecule has 0 fully saturated rings. The Morgan fingerprint density at radius 1 is 1.33 bits per heavy atom. The first-order valence-corrected chi connectivity index (χ1v) is 7.28. The van der Waals surface area contributed by atoms with Crippen molar-refractivity contribution < 1.29 is 9.53 Å². The molecule has 0 aromatic heterocycles. The number of carbonyl (C=O) groups excluding carboxylic acids is 1. The zero-order chi connectivity index (χ0) is 13.8. The van der Waals surface area contributed by atoms with Crippen LogP contribution < -0.4 is 0 Å². The van der Waals surface area contributed by atoms with Crippen LogP contribution in [0.15, 0.2) is 29.2 Å². The molecule has 0 saturated heterocycles. The summed E-state index contributed by atoms with van der Waals surface area (Å²) in [5, 5.41) is 0. The Labute approximate surface area is 117 Å². The van der Waals surface area contributed by atoms with Crippen LogP contribution in [0.2, 0.25) is 0 Å². The number of hydrogen-bond donors (Lipinski definition) is 0. The van der Waals surface area contributed by atoms with Gasteiger partial charge >= 0.3 is 6.09 Å². The van der Waals surface area contributed by atoms with Gasteiger partial charge in [0.1, 0.15) is 5.60 Å². The average molecular weight is 288 g/mol. The van der Waals surface area contributed by atoms with Gasteiger partial charge in [0.25, 0.3) is 0 Å². The van der Waals surface area contributed by atoms with Crippen LogP contribution in [-0.2, 0) is 11.3 Å². The predicted octanol–water partition coefficient (Wildman–Crippen LogP) is 4.30. The third-order valence-electron chi connectivity index (χ3n) is 2.14. The molecule has 0 bridgehead atoms. The molecule has 1 rings (SSSR count). The van der Waals surface area contributed by atoms with Crippen molar-refractivity contribution in [1.29, 1.82) is 0 Å². The highest BCUT2D eigenvalue weighted by atomic mass is 35.7. The third-order valence-corrected chi connectivity index (χ3v) is 3.12. The Kier molecular flexibility index (Phi) is 5.35. The first kappa shape index (κ1) is 15.2. The Bertz CT molecular complexity index is 400. The van der Waals surface area contributed by atoms with E-state index >= 15 is 0 Å². The Balaban J connectivity index is 2.58. The lowest BCUT2D eigenvalue weighted by Gasteiger charge is -2.24. The first-order valence-electron chi connectivity index (χ1n) is 5.63. The van der Waals surface area contributed by atoms with Gasteiger partial charge < -0.3 is 9.64 Å². The number of carbonyl (C=O) groups is 1. The smallest absolute Gasteiger partial charge is 0.410 e. The Hall–Kier alpha value is -0.870. The Morgan fingerprint density at radius 3 is 2.33 bits per heavy atom. The van der Waals surface area contributed by atoms with E-state index < -0.39 is 5.60 Å². The number of ether oxygens (including phenoxy) is 1. The van der Waals surface area contributed by atoms with E-state index in [9.17, 15) is 4.79 Å². The minimum absolute atomic E-state index is 0.321. The van der Waals surface area contributed by atoms with Crippen LogP contribution in [0.3, 0.4) is 0 Å². The summed E-state index contributed by atoms with van der Waals surface area (Å²) in [6.07, 6.45) is -0.321. The maximum atomic E-state index is 11.8. The highest BCUT2D eigenvalue weighted by Crippen LogP contribution is 2.22. The van der Waals surface area contributed by atoms with Crippen LogP contribution in [0.4, 0.5) is 4.79 Å². The summed E-state index contributed by atoms with van der Waals surface area (Å²) in [6.45, 7) is 6.07. The highest BCUT2D eigenvalue weighted by molar-refractivity contribution is 8.21. The molecular formula is C13H18ClNO2S. The van der Waals surface area contributed by atoms with Crippen molar-refractivity contribution in [2.75, 3.05) is 7.05 Å². The van der Waals surface area contributed by atoms with Crippen molar-refractivity contribution in [2.45, 2.75) is 37.8 Å². The summed E-state index contributed by atoms with van der Waals surface area (Å²) in [5.41, 5.74) is 0.572. The summed E-state index contributed by atoms with van der Waals surface area (Å²) in [6, 6.07) is 7.75.